The van der Waals surface area contributed by atoms with Crippen molar-refractivity contribution in [1.82, 2.24) is 25.3 Å². The Hall–Kier alpha value is -2.71. The number of tetrazole rings is 1. The lowest BCUT2D eigenvalue weighted by atomic mass is 9.94. The van der Waals surface area contributed by atoms with Crippen molar-refractivity contribution >= 4 is 11.5 Å². The molecule has 0 aliphatic heterocycles. The molecular formula is C15H13F3N6. The van der Waals surface area contributed by atoms with E-state index in [-0.39, 0.29) is 5.41 Å². The predicted octanol–water partition coefficient (Wildman–Crippen LogP) is 2.68. The van der Waals surface area contributed by atoms with Gasteiger partial charge in [-0.3, -0.25) is 0 Å². The van der Waals surface area contributed by atoms with E-state index in [1.54, 1.807) is 18.2 Å². The molecular weight excluding hydrogens is 321 g/mol. The third kappa shape index (κ3) is 2.66. The second-order valence-electron chi connectivity index (χ2n) is 5.96. The first kappa shape index (κ1) is 14.9. The van der Waals surface area contributed by atoms with Crippen molar-refractivity contribution in [2.45, 2.75) is 24.4 Å². The third-order valence-electron chi connectivity index (χ3n) is 4.33. The maximum Gasteiger partial charge on any atom is 0.416 e. The number of benzene rings is 1. The van der Waals surface area contributed by atoms with Crippen LogP contribution in [0.2, 0.25) is 0 Å². The summed E-state index contributed by atoms with van der Waals surface area (Å²) in [6.45, 7) is 0.509. The minimum Gasteiger partial charge on any atom is -0.368 e. The SMILES string of the molecule is FC(F)(F)c1cccc(C2(CNc3ccc4nnnn4n3)CC2)c1. The number of hydrogen-bond donors (Lipinski definition) is 1. The summed E-state index contributed by atoms with van der Waals surface area (Å²) in [5.74, 6) is 0.577. The molecule has 24 heavy (non-hydrogen) atoms. The molecule has 0 unspecified atom stereocenters. The van der Waals surface area contributed by atoms with Crippen LogP contribution in [0.1, 0.15) is 24.0 Å². The molecule has 0 atom stereocenters. The van der Waals surface area contributed by atoms with Crippen LogP contribution in [0.4, 0.5) is 19.0 Å². The Morgan fingerprint density at radius 3 is 2.75 bits per heavy atom. The molecule has 124 valence electrons. The molecule has 1 saturated carbocycles. The van der Waals surface area contributed by atoms with Crippen LogP contribution in [0.15, 0.2) is 36.4 Å². The average Bonchev–Trinajstić information content (AvgIpc) is 3.22. The van der Waals surface area contributed by atoms with Crippen LogP contribution in [0.3, 0.4) is 0 Å². The number of halogens is 3. The fraction of sp³-hybridized carbons (Fsp3) is 0.333. The minimum atomic E-state index is -4.33. The number of nitrogens with one attached hydrogen (secondary N) is 1. The Labute approximate surface area is 134 Å². The summed E-state index contributed by atoms with van der Waals surface area (Å²) in [7, 11) is 0. The number of aromatic nitrogens is 5. The molecule has 1 aliphatic carbocycles. The number of alkyl halides is 3. The third-order valence-corrected chi connectivity index (χ3v) is 4.33. The van der Waals surface area contributed by atoms with Gasteiger partial charge in [-0.2, -0.15) is 13.2 Å². The predicted molar refractivity (Wildman–Crippen MR) is 79.4 cm³/mol. The molecule has 0 radical (unpaired) electrons. The van der Waals surface area contributed by atoms with Gasteiger partial charge in [-0.05, 0) is 47.0 Å². The van der Waals surface area contributed by atoms with Gasteiger partial charge < -0.3 is 5.32 Å². The second kappa shape index (κ2) is 5.15. The summed E-state index contributed by atoms with van der Waals surface area (Å²) in [4.78, 5) is 0. The van der Waals surface area contributed by atoms with Crippen molar-refractivity contribution < 1.29 is 13.2 Å². The van der Waals surface area contributed by atoms with Gasteiger partial charge in [0.15, 0.2) is 5.65 Å². The zero-order valence-corrected chi connectivity index (χ0v) is 12.5. The topological polar surface area (TPSA) is 68.0 Å². The standard InChI is InChI=1S/C15H13F3N6/c16-15(17,18)11-3-1-2-10(8-11)14(6-7-14)9-19-12-4-5-13-20-22-23-24(13)21-12/h1-5,8H,6-7,9H2,(H,19,21). The van der Waals surface area contributed by atoms with Crippen molar-refractivity contribution in [3.63, 3.8) is 0 Å². The summed E-state index contributed by atoms with van der Waals surface area (Å²) in [5.41, 5.74) is 0.339. The molecule has 1 N–H and O–H groups in total. The first-order chi connectivity index (χ1) is 11.5. The maximum atomic E-state index is 12.9. The lowest BCUT2D eigenvalue weighted by molar-refractivity contribution is -0.137. The molecule has 2 aromatic heterocycles. The molecule has 0 saturated heterocycles. The molecule has 1 aromatic carbocycles. The molecule has 0 bridgehead atoms. The van der Waals surface area contributed by atoms with E-state index in [1.165, 1.54) is 16.8 Å². The van der Waals surface area contributed by atoms with Gasteiger partial charge in [0.05, 0.1) is 5.56 Å². The van der Waals surface area contributed by atoms with E-state index in [0.717, 1.165) is 18.9 Å². The van der Waals surface area contributed by atoms with Crippen molar-refractivity contribution in [2.24, 2.45) is 0 Å². The fourth-order valence-electron chi connectivity index (χ4n) is 2.75. The highest BCUT2D eigenvalue weighted by Gasteiger charge is 2.45. The van der Waals surface area contributed by atoms with Gasteiger partial charge >= 0.3 is 6.18 Å². The van der Waals surface area contributed by atoms with Crippen LogP contribution in [-0.2, 0) is 11.6 Å². The summed E-state index contributed by atoms with van der Waals surface area (Å²) >= 11 is 0. The average molecular weight is 334 g/mol. The van der Waals surface area contributed by atoms with Gasteiger partial charge in [0, 0.05) is 12.0 Å². The second-order valence-corrected chi connectivity index (χ2v) is 5.96. The van der Waals surface area contributed by atoms with E-state index >= 15 is 0 Å². The highest BCUT2D eigenvalue weighted by atomic mass is 19.4. The quantitative estimate of drug-likeness (QED) is 0.794. The molecule has 1 fully saturated rings. The van der Waals surface area contributed by atoms with E-state index < -0.39 is 11.7 Å². The van der Waals surface area contributed by atoms with Gasteiger partial charge in [0.1, 0.15) is 5.82 Å². The molecule has 2 heterocycles. The van der Waals surface area contributed by atoms with Crippen molar-refractivity contribution in [3.8, 4) is 0 Å². The van der Waals surface area contributed by atoms with E-state index in [1.807, 2.05) is 0 Å². The van der Waals surface area contributed by atoms with Crippen LogP contribution >= 0.6 is 0 Å². The number of anilines is 1. The Morgan fingerprint density at radius 2 is 2.00 bits per heavy atom. The molecule has 0 amide bonds. The Morgan fingerprint density at radius 1 is 1.17 bits per heavy atom. The van der Waals surface area contributed by atoms with E-state index in [4.69, 9.17) is 0 Å². The van der Waals surface area contributed by atoms with Crippen molar-refractivity contribution in [2.75, 3.05) is 11.9 Å². The molecule has 6 nitrogen and oxygen atoms in total. The van der Waals surface area contributed by atoms with Crippen LogP contribution in [-0.4, -0.2) is 31.8 Å². The Bertz CT molecular complexity index is 884. The number of fused-ring (bicyclic) bond motifs is 1. The van der Waals surface area contributed by atoms with Crippen LogP contribution in [0, 0.1) is 0 Å². The van der Waals surface area contributed by atoms with Crippen molar-refractivity contribution in [3.05, 3.63) is 47.5 Å². The molecule has 9 heteroatoms. The first-order valence-electron chi connectivity index (χ1n) is 7.43. The largest absolute Gasteiger partial charge is 0.416 e. The zero-order valence-electron chi connectivity index (χ0n) is 12.5. The summed E-state index contributed by atoms with van der Waals surface area (Å²) in [6, 6.07) is 9.02. The van der Waals surface area contributed by atoms with E-state index in [2.05, 4.69) is 25.9 Å². The summed E-state index contributed by atoms with van der Waals surface area (Å²) in [5, 5.41) is 18.4. The number of nitrogens with zero attached hydrogens (tertiary/aromatic N) is 5. The Kier molecular flexibility index (Phi) is 3.19. The first-order valence-corrected chi connectivity index (χ1v) is 7.43. The van der Waals surface area contributed by atoms with Crippen LogP contribution in [0.5, 0.6) is 0 Å². The lowest BCUT2D eigenvalue weighted by Crippen LogP contribution is -2.21. The minimum absolute atomic E-state index is 0.279. The monoisotopic (exact) mass is 334 g/mol. The van der Waals surface area contributed by atoms with Crippen LogP contribution < -0.4 is 5.32 Å². The van der Waals surface area contributed by atoms with E-state index in [9.17, 15) is 13.2 Å². The smallest absolute Gasteiger partial charge is 0.368 e. The number of rotatable bonds is 4. The maximum absolute atomic E-state index is 12.9. The van der Waals surface area contributed by atoms with E-state index in [0.29, 0.717) is 23.6 Å². The van der Waals surface area contributed by atoms with Crippen molar-refractivity contribution in [1.29, 1.82) is 0 Å². The Balaban J connectivity index is 1.53. The fourth-order valence-corrected chi connectivity index (χ4v) is 2.75. The molecule has 1 aliphatic rings. The van der Waals surface area contributed by atoms with Gasteiger partial charge in [-0.15, -0.1) is 14.8 Å². The van der Waals surface area contributed by atoms with Gasteiger partial charge in [0.2, 0.25) is 0 Å². The summed E-state index contributed by atoms with van der Waals surface area (Å²) in [6.07, 6.45) is -2.64. The highest BCUT2D eigenvalue weighted by Crippen LogP contribution is 2.49. The molecule has 0 spiro atoms. The highest BCUT2D eigenvalue weighted by molar-refractivity contribution is 5.44. The van der Waals surface area contributed by atoms with Gasteiger partial charge in [0.25, 0.3) is 0 Å². The van der Waals surface area contributed by atoms with Crippen LogP contribution in [0.25, 0.3) is 5.65 Å². The molecule has 3 aromatic rings. The number of hydrogen-bond acceptors (Lipinski definition) is 5. The van der Waals surface area contributed by atoms with Gasteiger partial charge in [-0.25, -0.2) is 0 Å². The lowest BCUT2D eigenvalue weighted by Gasteiger charge is -2.18. The summed E-state index contributed by atoms with van der Waals surface area (Å²) < 4.78 is 40.0. The normalized spacial score (nSPS) is 16.3. The zero-order chi connectivity index (χ0) is 16.8. The van der Waals surface area contributed by atoms with Gasteiger partial charge in [-0.1, -0.05) is 18.2 Å². The molecule has 4 rings (SSSR count).